The topological polar surface area (TPSA) is 59.1 Å². The van der Waals surface area contributed by atoms with Crippen LogP contribution >= 0.6 is 0 Å². The molecule has 0 bridgehead atoms. The van der Waals surface area contributed by atoms with Crippen molar-refractivity contribution in [1.82, 2.24) is 9.80 Å². The number of hydrogen-bond acceptors (Lipinski definition) is 6. The maximum atomic E-state index is 11.2. The molecular formula is C12H24N2O4. The third-order valence-corrected chi connectivity index (χ3v) is 2.79. The van der Waals surface area contributed by atoms with E-state index < -0.39 is 0 Å². The fourth-order valence-corrected chi connectivity index (χ4v) is 1.48. The monoisotopic (exact) mass is 260 g/mol. The summed E-state index contributed by atoms with van der Waals surface area (Å²) in [4.78, 5) is 26.3. The lowest BCUT2D eigenvalue weighted by molar-refractivity contribution is -0.143. The third kappa shape index (κ3) is 7.24. The SMILES string of the molecule is CCN(CCN(CC)CC(=O)OC)CC(=O)OC. The molecule has 0 heterocycles. The first kappa shape index (κ1) is 16.9. The molecule has 0 aromatic carbocycles. The molecule has 0 atom stereocenters. The number of nitrogens with zero attached hydrogens (tertiary/aromatic N) is 2. The van der Waals surface area contributed by atoms with Gasteiger partial charge in [0.25, 0.3) is 0 Å². The summed E-state index contributed by atoms with van der Waals surface area (Å²) in [7, 11) is 2.76. The molecule has 0 saturated carbocycles. The van der Waals surface area contributed by atoms with E-state index in [9.17, 15) is 9.59 Å². The smallest absolute Gasteiger partial charge is 0.319 e. The number of carbonyl (C=O) groups excluding carboxylic acids is 2. The summed E-state index contributed by atoms with van der Waals surface area (Å²) in [6.07, 6.45) is 0. The van der Waals surface area contributed by atoms with Crippen molar-refractivity contribution in [2.75, 3.05) is 53.5 Å². The maximum absolute atomic E-state index is 11.2. The van der Waals surface area contributed by atoms with Crippen molar-refractivity contribution in [1.29, 1.82) is 0 Å². The van der Waals surface area contributed by atoms with Crippen molar-refractivity contribution >= 4 is 11.9 Å². The molecule has 0 amide bonds. The summed E-state index contributed by atoms with van der Waals surface area (Å²) in [5.74, 6) is -0.485. The average Bonchev–Trinajstić information content (AvgIpc) is 2.40. The van der Waals surface area contributed by atoms with Crippen molar-refractivity contribution < 1.29 is 19.1 Å². The van der Waals surface area contributed by atoms with E-state index in [2.05, 4.69) is 9.47 Å². The minimum atomic E-state index is -0.243. The van der Waals surface area contributed by atoms with Crippen LogP contribution in [0.5, 0.6) is 0 Å². The Morgan fingerprint density at radius 3 is 1.39 bits per heavy atom. The highest BCUT2D eigenvalue weighted by Gasteiger charge is 2.13. The van der Waals surface area contributed by atoms with Gasteiger partial charge in [0.1, 0.15) is 0 Å². The number of carbonyl (C=O) groups is 2. The molecule has 6 heteroatoms. The van der Waals surface area contributed by atoms with Gasteiger partial charge in [0, 0.05) is 13.1 Å². The molecular weight excluding hydrogens is 236 g/mol. The van der Waals surface area contributed by atoms with Gasteiger partial charge >= 0.3 is 11.9 Å². The molecule has 106 valence electrons. The third-order valence-electron chi connectivity index (χ3n) is 2.79. The summed E-state index contributed by atoms with van der Waals surface area (Å²) in [6, 6.07) is 0. The minimum Gasteiger partial charge on any atom is -0.468 e. The number of rotatable bonds is 9. The lowest BCUT2D eigenvalue weighted by atomic mass is 10.4. The fraction of sp³-hybridized carbons (Fsp3) is 0.833. The van der Waals surface area contributed by atoms with Crippen LogP contribution in [-0.2, 0) is 19.1 Å². The van der Waals surface area contributed by atoms with Gasteiger partial charge in [0.15, 0.2) is 0 Å². The summed E-state index contributed by atoms with van der Waals surface area (Å²) < 4.78 is 9.26. The Balaban J connectivity index is 4.07. The second kappa shape index (κ2) is 9.85. The van der Waals surface area contributed by atoms with E-state index in [1.54, 1.807) is 0 Å². The molecule has 0 aromatic heterocycles. The van der Waals surface area contributed by atoms with Crippen LogP contribution in [-0.4, -0.2) is 75.2 Å². The molecule has 0 fully saturated rings. The maximum Gasteiger partial charge on any atom is 0.319 e. The minimum absolute atomic E-state index is 0.243. The summed E-state index contributed by atoms with van der Waals surface area (Å²) in [5, 5.41) is 0. The van der Waals surface area contributed by atoms with Crippen molar-refractivity contribution in [3.05, 3.63) is 0 Å². The molecule has 0 saturated heterocycles. The normalized spacial score (nSPS) is 10.8. The molecule has 6 nitrogen and oxygen atoms in total. The van der Waals surface area contributed by atoms with Crippen LogP contribution in [0.4, 0.5) is 0 Å². The van der Waals surface area contributed by atoms with Gasteiger partial charge in [0.05, 0.1) is 27.3 Å². The van der Waals surface area contributed by atoms with Crippen LogP contribution < -0.4 is 0 Å². The Morgan fingerprint density at radius 1 is 0.833 bits per heavy atom. The molecule has 0 aliphatic carbocycles. The second-order valence-corrected chi connectivity index (χ2v) is 3.89. The van der Waals surface area contributed by atoms with Gasteiger partial charge in [-0.2, -0.15) is 0 Å². The molecule has 0 aromatic rings. The Bertz CT molecular complexity index is 232. The van der Waals surface area contributed by atoms with Gasteiger partial charge < -0.3 is 9.47 Å². The lowest BCUT2D eigenvalue weighted by Crippen LogP contribution is -2.40. The van der Waals surface area contributed by atoms with E-state index >= 15 is 0 Å². The van der Waals surface area contributed by atoms with Gasteiger partial charge in [-0.3, -0.25) is 19.4 Å². The van der Waals surface area contributed by atoms with Crippen LogP contribution in [0.2, 0.25) is 0 Å². The molecule has 0 spiro atoms. The zero-order valence-electron chi connectivity index (χ0n) is 11.8. The quantitative estimate of drug-likeness (QED) is 0.543. The lowest BCUT2D eigenvalue weighted by Gasteiger charge is -2.24. The van der Waals surface area contributed by atoms with E-state index in [4.69, 9.17) is 0 Å². The predicted octanol–water partition coefficient (Wildman–Crippen LogP) is -0.0238. The van der Waals surface area contributed by atoms with Gasteiger partial charge in [-0.1, -0.05) is 13.8 Å². The van der Waals surface area contributed by atoms with Crippen LogP contribution in [0.25, 0.3) is 0 Å². The van der Waals surface area contributed by atoms with Crippen molar-refractivity contribution in [2.24, 2.45) is 0 Å². The number of methoxy groups -OCH3 is 2. The summed E-state index contributed by atoms with van der Waals surface area (Å²) in [6.45, 7) is 7.51. The van der Waals surface area contributed by atoms with E-state index in [0.717, 1.165) is 26.2 Å². The highest BCUT2D eigenvalue weighted by atomic mass is 16.5. The summed E-state index contributed by atoms with van der Waals surface area (Å²) in [5.41, 5.74) is 0. The van der Waals surface area contributed by atoms with Gasteiger partial charge in [-0.25, -0.2) is 0 Å². The largest absolute Gasteiger partial charge is 0.468 e. The van der Waals surface area contributed by atoms with E-state index in [1.807, 2.05) is 23.6 Å². The number of ether oxygens (including phenoxy) is 2. The predicted molar refractivity (Wildman–Crippen MR) is 68.3 cm³/mol. The molecule has 0 N–H and O–H groups in total. The summed E-state index contributed by atoms with van der Waals surface area (Å²) >= 11 is 0. The van der Waals surface area contributed by atoms with E-state index in [-0.39, 0.29) is 25.0 Å². The highest BCUT2D eigenvalue weighted by molar-refractivity contribution is 5.71. The average molecular weight is 260 g/mol. The molecule has 0 aliphatic heterocycles. The van der Waals surface area contributed by atoms with Crippen molar-refractivity contribution in [2.45, 2.75) is 13.8 Å². The second-order valence-electron chi connectivity index (χ2n) is 3.89. The number of hydrogen-bond donors (Lipinski definition) is 0. The zero-order chi connectivity index (χ0) is 14.0. The van der Waals surface area contributed by atoms with Crippen LogP contribution in [0.3, 0.4) is 0 Å². The van der Waals surface area contributed by atoms with Crippen molar-refractivity contribution in [3.63, 3.8) is 0 Å². The van der Waals surface area contributed by atoms with Gasteiger partial charge in [0.2, 0.25) is 0 Å². The fourth-order valence-electron chi connectivity index (χ4n) is 1.48. The highest BCUT2D eigenvalue weighted by Crippen LogP contribution is 1.94. The van der Waals surface area contributed by atoms with Crippen LogP contribution in [0, 0.1) is 0 Å². The van der Waals surface area contributed by atoms with E-state index in [1.165, 1.54) is 14.2 Å². The van der Waals surface area contributed by atoms with Gasteiger partial charge in [-0.15, -0.1) is 0 Å². The Labute approximate surface area is 109 Å². The first-order valence-corrected chi connectivity index (χ1v) is 6.15. The number of likely N-dealkylation sites (N-methyl/N-ethyl adjacent to an activating group) is 2. The van der Waals surface area contributed by atoms with Crippen molar-refractivity contribution in [3.8, 4) is 0 Å². The Hall–Kier alpha value is -1.14. The standard InChI is InChI=1S/C12H24N2O4/c1-5-13(9-11(15)17-3)7-8-14(6-2)10-12(16)18-4/h5-10H2,1-4H3. The molecule has 18 heavy (non-hydrogen) atoms. The first-order valence-electron chi connectivity index (χ1n) is 6.15. The first-order chi connectivity index (χ1) is 8.57. The molecule has 0 rings (SSSR count). The Morgan fingerprint density at radius 2 is 1.17 bits per heavy atom. The van der Waals surface area contributed by atoms with Crippen LogP contribution in [0.15, 0.2) is 0 Å². The Kier molecular flexibility index (Phi) is 9.22. The van der Waals surface area contributed by atoms with E-state index in [0.29, 0.717) is 0 Å². The molecule has 0 unspecified atom stereocenters. The molecule has 0 radical (unpaired) electrons. The zero-order valence-corrected chi connectivity index (χ0v) is 11.8. The number of esters is 2. The molecule has 0 aliphatic rings. The van der Waals surface area contributed by atoms with Crippen LogP contribution in [0.1, 0.15) is 13.8 Å². The van der Waals surface area contributed by atoms with Gasteiger partial charge in [-0.05, 0) is 13.1 Å².